The average Bonchev–Trinajstić information content (AvgIpc) is 3.24. The molecule has 3 aromatic rings. The third-order valence-electron chi connectivity index (χ3n) is 7.34. The highest BCUT2D eigenvalue weighted by Crippen LogP contribution is 2.48. The summed E-state index contributed by atoms with van der Waals surface area (Å²) in [6.07, 6.45) is -0.493. The molecule has 1 aromatic carbocycles. The molecule has 0 radical (unpaired) electrons. The summed E-state index contributed by atoms with van der Waals surface area (Å²) in [6, 6.07) is 2.65. The van der Waals surface area contributed by atoms with Crippen molar-refractivity contribution in [2.24, 2.45) is 0 Å². The van der Waals surface area contributed by atoms with Crippen LogP contribution in [0.4, 0.5) is 4.39 Å². The lowest BCUT2D eigenvalue weighted by Crippen LogP contribution is -2.33. The van der Waals surface area contributed by atoms with Crippen molar-refractivity contribution in [3.8, 4) is 11.4 Å². The number of carbonyl (C=O) groups is 2. The van der Waals surface area contributed by atoms with Crippen molar-refractivity contribution in [2.75, 3.05) is 19.3 Å². The van der Waals surface area contributed by atoms with E-state index >= 15 is 0 Å². The number of carbonyl (C=O) groups excluding carboxylic acids is 2. The Hall–Kier alpha value is -3.28. The van der Waals surface area contributed by atoms with Gasteiger partial charge in [0.25, 0.3) is 5.56 Å². The van der Waals surface area contributed by atoms with Crippen molar-refractivity contribution in [1.29, 1.82) is 0 Å². The Balaban J connectivity index is 1.54. The van der Waals surface area contributed by atoms with E-state index in [1.807, 2.05) is 7.05 Å². The van der Waals surface area contributed by atoms with Gasteiger partial charge in [0.05, 0.1) is 35.1 Å². The number of pyridine rings is 2. The van der Waals surface area contributed by atoms with Crippen molar-refractivity contribution >= 4 is 34.5 Å². The number of hydrogen-bond acceptors (Lipinski definition) is 8. The summed E-state index contributed by atoms with van der Waals surface area (Å²) in [4.78, 5) is 43.7. The van der Waals surface area contributed by atoms with Crippen LogP contribution in [-0.2, 0) is 27.5 Å². The summed E-state index contributed by atoms with van der Waals surface area (Å²) < 4.78 is 21.4. The van der Waals surface area contributed by atoms with Crippen LogP contribution in [0.3, 0.4) is 0 Å². The smallest absolute Gasteiger partial charge is 0.340 e. The number of rotatable bonds is 5. The number of thioether (sulfide) groups is 1. The van der Waals surface area contributed by atoms with Gasteiger partial charge in [-0.2, -0.15) is 0 Å². The molecule has 2 atom stereocenters. The van der Waals surface area contributed by atoms with Gasteiger partial charge in [-0.05, 0) is 44.1 Å². The van der Waals surface area contributed by atoms with E-state index in [9.17, 15) is 23.9 Å². The number of fused-ring (bicyclic) bond motifs is 5. The quantitative estimate of drug-likeness (QED) is 0.268. The zero-order valence-electron chi connectivity index (χ0n) is 20.3. The fourth-order valence-corrected chi connectivity index (χ4v) is 6.73. The maximum Gasteiger partial charge on any atom is 0.340 e. The summed E-state index contributed by atoms with van der Waals surface area (Å²) in [7, 11) is 1.84. The van der Waals surface area contributed by atoms with Gasteiger partial charge in [-0.1, -0.05) is 0 Å². The van der Waals surface area contributed by atoms with Crippen LogP contribution in [0.15, 0.2) is 21.8 Å². The Morgan fingerprint density at radius 2 is 2.14 bits per heavy atom. The minimum absolute atomic E-state index is 0.0798. The summed E-state index contributed by atoms with van der Waals surface area (Å²) in [5.41, 5.74) is 3.59. The number of ether oxygens (including phenoxy) is 1. The van der Waals surface area contributed by atoms with Crippen LogP contribution in [0.5, 0.6) is 0 Å². The van der Waals surface area contributed by atoms with Crippen molar-refractivity contribution in [3.05, 3.63) is 56.1 Å². The number of nitrogens with one attached hydrogen (secondary N) is 2. The Bertz CT molecular complexity index is 1570. The number of hydrogen-bond donors (Lipinski definition) is 3. The van der Waals surface area contributed by atoms with E-state index in [0.29, 0.717) is 41.1 Å². The number of halogens is 1. The number of benzene rings is 1. The van der Waals surface area contributed by atoms with Gasteiger partial charge in [-0.15, -0.1) is 11.8 Å². The van der Waals surface area contributed by atoms with Crippen LogP contribution < -0.4 is 16.2 Å². The Morgan fingerprint density at radius 3 is 2.92 bits per heavy atom. The molecule has 11 heteroatoms. The highest BCUT2D eigenvalue weighted by Gasteiger charge is 2.37. The standard InChI is InChI=1S/C26H25FN4O5S/c1-11-15(27)7-16-21-20(17(10-37-24(11)21)29-19(32)4-3-5-28-2)13-8-31-18(22(13)30-16)6-12-14(25(31)34)9-36-26(35)23(12)33/h6-7,17,23,28,33H,3-5,8-10H2,1-2H3,(H,29,32). The van der Waals surface area contributed by atoms with Crippen molar-refractivity contribution in [3.63, 3.8) is 0 Å². The second-order valence-corrected chi connectivity index (χ2v) is 10.6. The SMILES string of the molecule is CNCCCC(=O)NC1CSc2c(C)c(F)cc3nc4c(c1c23)Cn1c-4cc2c(c1=O)COC(=O)C2O. The third kappa shape index (κ3) is 3.67. The lowest BCUT2D eigenvalue weighted by atomic mass is 9.93. The van der Waals surface area contributed by atoms with Gasteiger partial charge in [0.2, 0.25) is 5.91 Å². The topological polar surface area (TPSA) is 123 Å². The molecule has 9 nitrogen and oxygen atoms in total. The Morgan fingerprint density at radius 1 is 1.32 bits per heavy atom. The molecule has 6 rings (SSSR count). The van der Waals surface area contributed by atoms with Crippen molar-refractivity contribution in [2.45, 2.75) is 50.0 Å². The monoisotopic (exact) mass is 524 g/mol. The van der Waals surface area contributed by atoms with E-state index in [-0.39, 0.29) is 47.6 Å². The number of aromatic nitrogens is 2. The molecule has 1 amide bonds. The Kier molecular flexibility index (Phi) is 5.81. The van der Waals surface area contributed by atoms with Crippen LogP contribution in [0.1, 0.15) is 52.8 Å². The molecular formula is C26H25FN4O5S. The van der Waals surface area contributed by atoms with Crippen LogP contribution in [0.25, 0.3) is 22.3 Å². The fourth-order valence-electron chi connectivity index (χ4n) is 5.48. The molecule has 2 unspecified atom stereocenters. The van der Waals surface area contributed by atoms with Crippen LogP contribution in [0, 0.1) is 12.7 Å². The molecular weight excluding hydrogens is 499 g/mol. The minimum atomic E-state index is -1.56. The van der Waals surface area contributed by atoms with Gasteiger partial charge in [-0.25, -0.2) is 14.2 Å². The van der Waals surface area contributed by atoms with E-state index < -0.39 is 12.1 Å². The minimum Gasteiger partial charge on any atom is -0.458 e. The average molecular weight is 525 g/mol. The van der Waals surface area contributed by atoms with Gasteiger partial charge >= 0.3 is 5.97 Å². The first kappa shape index (κ1) is 24.1. The number of esters is 1. The molecule has 0 spiro atoms. The number of nitrogens with zero attached hydrogens (tertiary/aromatic N) is 2. The van der Waals surface area contributed by atoms with Gasteiger partial charge in [0.1, 0.15) is 12.4 Å². The maximum absolute atomic E-state index is 14.9. The lowest BCUT2D eigenvalue weighted by Gasteiger charge is -2.29. The highest BCUT2D eigenvalue weighted by molar-refractivity contribution is 7.99. The van der Waals surface area contributed by atoms with Crippen LogP contribution >= 0.6 is 11.8 Å². The second-order valence-electron chi connectivity index (χ2n) is 9.56. The van der Waals surface area contributed by atoms with Gasteiger partial charge in [0.15, 0.2) is 6.10 Å². The summed E-state index contributed by atoms with van der Waals surface area (Å²) in [5.74, 6) is -0.744. The fraction of sp³-hybridized carbons (Fsp3) is 0.385. The summed E-state index contributed by atoms with van der Waals surface area (Å²) in [6.45, 7) is 2.46. The highest BCUT2D eigenvalue weighted by atomic mass is 32.2. The van der Waals surface area contributed by atoms with E-state index in [0.717, 1.165) is 28.0 Å². The van der Waals surface area contributed by atoms with E-state index in [2.05, 4.69) is 10.6 Å². The van der Waals surface area contributed by atoms with Crippen molar-refractivity contribution in [1.82, 2.24) is 20.2 Å². The first-order valence-electron chi connectivity index (χ1n) is 12.1. The molecule has 37 heavy (non-hydrogen) atoms. The summed E-state index contributed by atoms with van der Waals surface area (Å²) in [5, 5.41) is 17.4. The molecule has 0 saturated heterocycles. The lowest BCUT2D eigenvalue weighted by molar-refractivity contribution is -0.157. The van der Waals surface area contributed by atoms with Crippen molar-refractivity contribution < 1.29 is 23.8 Å². The molecule has 0 aliphatic carbocycles. The zero-order valence-corrected chi connectivity index (χ0v) is 21.1. The Labute approximate surface area is 215 Å². The van der Waals surface area contributed by atoms with E-state index in [1.54, 1.807) is 17.6 Å². The number of aliphatic hydroxyl groups excluding tert-OH is 1. The predicted octanol–water partition coefficient (Wildman–Crippen LogP) is 2.23. The number of aliphatic hydroxyl groups is 1. The van der Waals surface area contributed by atoms with E-state index in [1.165, 1.54) is 17.8 Å². The van der Waals surface area contributed by atoms with Gasteiger partial charge in [-0.3, -0.25) is 9.59 Å². The number of cyclic esters (lactones) is 1. The molecule has 3 aliphatic rings. The summed E-state index contributed by atoms with van der Waals surface area (Å²) >= 11 is 1.49. The molecule has 3 aliphatic heterocycles. The first-order chi connectivity index (χ1) is 17.8. The maximum atomic E-state index is 14.9. The molecule has 5 heterocycles. The van der Waals surface area contributed by atoms with E-state index in [4.69, 9.17) is 9.72 Å². The number of amides is 1. The molecule has 3 N–H and O–H groups in total. The molecule has 0 bridgehead atoms. The normalized spacial score (nSPS) is 19.3. The first-order valence-corrected chi connectivity index (χ1v) is 13.1. The van der Waals surface area contributed by atoms with Gasteiger partial charge in [0, 0.05) is 39.6 Å². The predicted molar refractivity (Wildman–Crippen MR) is 135 cm³/mol. The largest absolute Gasteiger partial charge is 0.458 e. The molecule has 0 saturated carbocycles. The van der Waals surface area contributed by atoms with Crippen LogP contribution in [0.2, 0.25) is 0 Å². The molecule has 2 aromatic heterocycles. The zero-order chi connectivity index (χ0) is 26.0. The molecule has 192 valence electrons. The second kappa shape index (κ2) is 8.93. The van der Waals surface area contributed by atoms with Crippen LogP contribution in [-0.4, -0.2) is 45.9 Å². The third-order valence-corrected chi connectivity index (χ3v) is 8.64. The molecule has 0 fully saturated rings. The van der Waals surface area contributed by atoms with Gasteiger partial charge < -0.3 is 25.0 Å².